The molecule has 0 saturated carbocycles. The van der Waals surface area contributed by atoms with Gasteiger partial charge in [-0.3, -0.25) is 10.1 Å². The van der Waals surface area contributed by atoms with Crippen LogP contribution in [0.1, 0.15) is 5.56 Å². The van der Waals surface area contributed by atoms with Crippen molar-refractivity contribution in [1.29, 1.82) is 5.26 Å². The summed E-state index contributed by atoms with van der Waals surface area (Å²) in [6.45, 7) is 0. The van der Waals surface area contributed by atoms with E-state index in [1.807, 2.05) is 6.07 Å². The molecule has 0 aliphatic rings. The van der Waals surface area contributed by atoms with Crippen LogP contribution in [-0.2, 0) is 0 Å². The van der Waals surface area contributed by atoms with E-state index < -0.39 is 16.4 Å². The first-order valence-electron chi connectivity index (χ1n) is 5.32. The summed E-state index contributed by atoms with van der Waals surface area (Å²) in [5.74, 6) is -0.840. The van der Waals surface area contributed by atoms with Crippen LogP contribution in [0, 0.1) is 27.3 Å². The van der Waals surface area contributed by atoms with Gasteiger partial charge in [-0.2, -0.15) is 9.65 Å². The maximum Gasteiger partial charge on any atom is 0.305 e. The molecule has 0 aliphatic carbocycles. The summed E-state index contributed by atoms with van der Waals surface area (Å²) in [5, 5.41) is 19.8. The summed E-state index contributed by atoms with van der Waals surface area (Å²) < 4.78 is 18.8. The molecule has 0 amide bonds. The van der Waals surface area contributed by atoms with E-state index in [0.29, 0.717) is 5.02 Å². The van der Waals surface area contributed by atoms with Gasteiger partial charge in [0.1, 0.15) is 17.6 Å². The van der Waals surface area contributed by atoms with Gasteiger partial charge >= 0.3 is 5.69 Å². The number of rotatable bonds is 3. The third kappa shape index (κ3) is 2.84. The number of nitriles is 1. The Balaban J connectivity index is 2.36. The fraction of sp³-hybridized carbons (Fsp3) is 0. The molecule has 0 bridgehead atoms. The van der Waals surface area contributed by atoms with Crippen molar-refractivity contribution in [2.24, 2.45) is 0 Å². The predicted molar refractivity (Wildman–Crippen MR) is 69.3 cm³/mol. The number of nitro benzene ring substituents is 1. The molecule has 0 aliphatic heterocycles. The number of halogens is 2. The summed E-state index contributed by atoms with van der Waals surface area (Å²) in [5.41, 5.74) is -0.433. The highest BCUT2D eigenvalue weighted by Gasteiger charge is 2.15. The normalized spacial score (nSPS) is 9.85. The highest BCUT2D eigenvalue weighted by atomic mass is 35.5. The van der Waals surface area contributed by atoms with Gasteiger partial charge in [-0.05, 0) is 18.2 Å². The lowest BCUT2D eigenvalue weighted by Crippen LogP contribution is -1.94. The van der Waals surface area contributed by atoms with Crippen LogP contribution < -0.4 is 4.74 Å². The Morgan fingerprint density at radius 3 is 2.65 bits per heavy atom. The van der Waals surface area contributed by atoms with Gasteiger partial charge in [0.2, 0.25) is 5.82 Å². The van der Waals surface area contributed by atoms with E-state index in [4.69, 9.17) is 21.6 Å². The summed E-state index contributed by atoms with van der Waals surface area (Å²) in [6.07, 6.45) is 0. The Morgan fingerprint density at radius 1 is 1.30 bits per heavy atom. The highest BCUT2D eigenvalue weighted by Crippen LogP contribution is 2.30. The second-order valence-corrected chi connectivity index (χ2v) is 4.16. The Morgan fingerprint density at radius 2 is 2.05 bits per heavy atom. The largest absolute Gasteiger partial charge is 0.456 e. The van der Waals surface area contributed by atoms with Crippen LogP contribution in [0.2, 0.25) is 5.02 Å². The molecule has 5 nitrogen and oxygen atoms in total. The fourth-order valence-electron chi connectivity index (χ4n) is 1.50. The quantitative estimate of drug-likeness (QED) is 0.631. The summed E-state index contributed by atoms with van der Waals surface area (Å²) in [4.78, 5) is 9.67. The Kier molecular flexibility index (Phi) is 3.82. The van der Waals surface area contributed by atoms with Crippen molar-refractivity contribution in [2.75, 3.05) is 0 Å². The number of benzene rings is 2. The zero-order valence-corrected chi connectivity index (χ0v) is 10.6. The van der Waals surface area contributed by atoms with E-state index in [0.717, 1.165) is 12.1 Å². The topological polar surface area (TPSA) is 76.2 Å². The summed E-state index contributed by atoms with van der Waals surface area (Å²) in [7, 11) is 0. The van der Waals surface area contributed by atoms with Crippen molar-refractivity contribution in [3.8, 4) is 17.6 Å². The molecule has 2 rings (SSSR count). The van der Waals surface area contributed by atoms with Crippen molar-refractivity contribution < 1.29 is 14.1 Å². The Labute approximate surface area is 117 Å². The van der Waals surface area contributed by atoms with Gasteiger partial charge in [-0.15, -0.1) is 0 Å². The molecule has 0 atom stereocenters. The smallest absolute Gasteiger partial charge is 0.305 e. The first kappa shape index (κ1) is 13.8. The van der Waals surface area contributed by atoms with Gasteiger partial charge in [-0.25, -0.2) is 0 Å². The first-order chi connectivity index (χ1) is 9.51. The molecule has 0 heterocycles. The van der Waals surface area contributed by atoms with Crippen molar-refractivity contribution in [2.45, 2.75) is 0 Å². The average Bonchev–Trinajstić information content (AvgIpc) is 2.38. The molecule has 0 fully saturated rings. The zero-order chi connectivity index (χ0) is 14.7. The molecule has 0 saturated heterocycles. The van der Waals surface area contributed by atoms with E-state index in [9.17, 15) is 14.5 Å². The maximum atomic E-state index is 13.5. The second kappa shape index (κ2) is 5.55. The van der Waals surface area contributed by atoms with Gasteiger partial charge in [0.25, 0.3) is 0 Å². The van der Waals surface area contributed by atoms with E-state index in [-0.39, 0.29) is 17.1 Å². The van der Waals surface area contributed by atoms with Crippen LogP contribution in [0.4, 0.5) is 10.1 Å². The minimum atomic E-state index is -1.02. The predicted octanol–water partition coefficient (Wildman–Crippen LogP) is 4.05. The molecule has 100 valence electrons. The van der Waals surface area contributed by atoms with Crippen LogP contribution in [0.3, 0.4) is 0 Å². The fourth-order valence-corrected chi connectivity index (χ4v) is 1.66. The van der Waals surface area contributed by atoms with E-state index in [1.165, 1.54) is 24.3 Å². The maximum absolute atomic E-state index is 13.5. The molecular formula is C13H6ClFN2O3. The van der Waals surface area contributed by atoms with Crippen molar-refractivity contribution in [1.82, 2.24) is 0 Å². The van der Waals surface area contributed by atoms with Gasteiger partial charge in [0.15, 0.2) is 0 Å². The van der Waals surface area contributed by atoms with Crippen LogP contribution in [-0.4, -0.2) is 4.92 Å². The highest BCUT2D eigenvalue weighted by molar-refractivity contribution is 6.30. The van der Waals surface area contributed by atoms with Gasteiger partial charge in [0, 0.05) is 23.2 Å². The third-order valence-electron chi connectivity index (χ3n) is 2.41. The second-order valence-electron chi connectivity index (χ2n) is 3.72. The van der Waals surface area contributed by atoms with Gasteiger partial charge in [-0.1, -0.05) is 11.6 Å². The molecule has 7 heteroatoms. The number of nitro groups is 1. The summed E-state index contributed by atoms with van der Waals surface area (Å²) >= 11 is 5.79. The lowest BCUT2D eigenvalue weighted by atomic mass is 10.2. The van der Waals surface area contributed by atoms with Gasteiger partial charge < -0.3 is 4.74 Å². The molecule has 2 aromatic carbocycles. The molecule has 0 unspecified atom stereocenters. The molecular weight excluding hydrogens is 287 g/mol. The lowest BCUT2D eigenvalue weighted by Gasteiger charge is -2.07. The Hall–Kier alpha value is -2.65. The van der Waals surface area contributed by atoms with Gasteiger partial charge in [0.05, 0.1) is 10.5 Å². The molecule has 0 N–H and O–H groups in total. The molecule has 20 heavy (non-hydrogen) atoms. The zero-order valence-electron chi connectivity index (χ0n) is 9.84. The molecule has 0 radical (unpaired) electrons. The average molecular weight is 293 g/mol. The van der Waals surface area contributed by atoms with Crippen molar-refractivity contribution in [3.63, 3.8) is 0 Å². The Bertz CT molecular complexity index is 728. The monoisotopic (exact) mass is 292 g/mol. The van der Waals surface area contributed by atoms with Crippen LogP contribution >= 0.6 is 11.6 Å². The van der Waals surface area contributed by atoms with Crippen LogP contribution in [0.5, 0.6) is 11.5 Å². The SMILES string of the molecule is N#Cc1ccc(Cl)cc1Oc1ccc([N+](=O)[O-])c(F)c1. The van der Waals surface area contributed by atoms with Crippen LogP contribution in [0.15, 0.2) is 36.4 Å². The molecule has 2 aromatic rings. The minimum Gasteiger partial charge on any atom is -0.456 e. The molecule has 0 spiro atoms. The van der Waals surface area contributed by atoms with Crippen molar-refractivity contribution >= 4 is 17.3 Å². The number of hydrogen-bond acceptors (Lipinski definition) is 4. The third-order valence-corrected chi connectivity index (χ3v) is 2.64. The molecule has 0 aromatic heterocycles. The summed E-state index contributed by atoms with van der Waals surface area (Å²) in [6, 6.07) is 9.38. The number of nitrogens with zero attached hydrogens (tertiary/aromatic N) is 2. The number of ether oxygens (including phenoxy) is 1. The van der Waals surface area contributed by atoms with E-state index >= 15 is 0 Å². The lowest BCUT2D eigenvalue weighted by molar-refractivity contribution is -0.387. The number of hydrogen-bond donors (Lipinski definition) is 0. The van der Waals surface area contributed by atoms with E-state index in [2.05, 4.69) is 0 Å². The van der Waals surface area contributed by atoms with Crippen LogP contribution in [0.25, 0.3) is 0 Å². The first-order valence-corrected chi connectivity index (χ1v) is 5.70. The standard InChI is InChI=1S/C13H6ClFN2O3/c14-9-2-1-8(7-16)13(5-9)20-10-3-4-12(17(18)19)11(15)6-10/h1-6H. The van der Waals surface area contributed by atoms with Crippen molar-refractivity contribution in [3.05, 3.63) is 62.9 Å². The minimum absolute atomic E-state index is 0.0341. The van der Waals surface area contributed by atoms with E-state index in [1.54, 1.807) is 0 Å².